The molecule has 0 aliphatic heterocycles. The van der Waals surface area contributed by atoms with E-state index in [1.807, 2.05) is 0 Å². The third-order valence-corrected chi connectivity index (χ3v) is 11.9. The van der Waals surface area contributed by atoms with Gasteiger partial charge in [-0.15, -0.1) is 0 Å². The average Bonchev–Trinajstić information content (AvgIpc) is 3.37. The molecule has 0 aromatic carbocycles. The molecule has 0 heterocycles. The third-order valence-electron chi connectivity index (χ3n) is 11.9. The Morgan fingerprint density at radius 2 is 0.549 bits per heavy atom. The van der Waals surface area contributed by atoms with E-state index < -0.39 is 6.10 Å². The second-order valence-electron chi connectivity index (χ2n) is 18.8. The number of unbranched alkanes of at least 4 members (excludes halogenated alkanes) is 20. The highest BCUT2D eigenvalue weighted by atomic mass is 16.6. The fourth-order valence-electron chi connectivity index (χ4n) is 7.56. The standard InChI is InChI=1S/C65H106O6/c1-4-7-10-13-16-19-22-25-26-27-28-29-30-31-32-33-34-35-36-37-38-41-43-46-49-52-55-58-64(67)70-61-62(71-65(68)59-56-53-50-47-44-40-24-21-18-15-12-9-6-3)60-69-63(66)57-54-51-48-45-42-39-23-20-17-14-11-8-5-2/h7,10,16,19-21,23-26,28-29,31-32,34-35,37-38,43,46,62H,4-6,8-9,11-15,17-18,22,27,30,33,36,39-42,44-45,47-61H2,1-3H3/b10-7-,19-16-,23-20-,24-21-,26-25-,29-28-,32-31-,35-34-,38-37-,46-43-. The summed E-state index contributed by atoms with van der Waals surface area (Å²) < 4.78 is 16.8. The van der Waals surface area contributed by atoms with Crippen molar-refractivity contribution in [2.45, 2.75) is 258 Å². The molecule has 0 aromatic heterocycles. The van der Waals surface area contributed by atoms with Gasteiger partial charge in [0.25, 0.3) is 0 Å². The van der Waals surface area contributed by atoms with Crippen molar-refractivity contribution in [2.75, 3.05) is 13.2 Å². The average molecular weight is 984 g/mol. The largest absolute Gasteiger partial charge is 0.462 e. The first-order valence-corrected chi connectivity index (χ1v) is 29.0. The maximum atomic E-state index is 12.8. The summed E-state index contributed by atoms with van der Waals surface area (Å²) >= 11 is 0. The van der Waals surface area contributed by atoms with Crippen LogP contribution in [0.5, 0.6) is 0 Å². The van der Waals surface area contributed by atoms with Gasteiger partial charge in [-0.05, 0) is 135 Å². The minimum absolute atomic E-state index is 0.102. The molecule has 0 spiro atoms. The summed E-state index contributed by atoms with van der Waals surface area (Å²) in [6, 6.07) is 0. The molecule has 0 rings (SSSR count). The SMILES string of the molecule is CC/C=C\C/C=C\C/C=C\C/C=C\C/C=C\C/C=C\C/C=C\C/C=C\CCCCC(=O)OCC(COC(=O)CCCCCCC/C=C\CCCCCC)OC(=O)CCCCCCC/C=C\CCCCCC. The Kier molecular flexibility index (Phi) is 54.9. The number of allylic oxidation sites excluding steroid dienone is 20. The molecule has 71 heavy (non-hydrogen) atoms. The monoisotopic (exact) mass is 983 g/mol. The van der Waals surface area contributed by atoms with Crippen molar-refractivity contribution in [3.63, 3.8) is 0 Å². The van der Waals surface area contributed by atoms with Crippen LogP contribution in [-0.2, 0) is 28.6 Å². The molecule has 0 saturated heterocycles. The van der Waals surface area contributed by atoms with E-state index in [1.165, 1.54) is 77.0 Å². The molecule has 0 N–H and O–H groups in total. The summed E-state index contributed by atoms with van der Waals surface area (Å²) in [6.45, 7) is 6.44. The Morgan fingerprint density at radius 3 is 0.901 bits per heavy atom. The van der Waals surface area contributed by atoms with E-state index in [9.17, 15) is 14.4 Å². The minimum atomic E-state index is -0.806. The van der Waals surface area contributed by atoms with Crippen LogP contribution in [0.15, 0.2) is 122 Å². The molecule has 0 aliphatic rings. The van der Waals surface area contributed by atoms with Gasteiger partial charge < -0.3 is 14.2 Å². The lowest BCUT2D eigenvalue weighted by atomic mass is 10.1. The number of rotatable bonds is 51. The van der Waals surface area contributed by atoms with Gasteiger partial charge in [-0.3, -0.25) is 14.4 Å². The molecule has 0 bridgehead atoms. The fraction of sp³-hybridized carbons (Fsp3) is 0.646. The third kappa shape index (κ3) is 56.6. The molecule has 402 valence electrons. The molecule has 0 fully saturated rings. The Morgan fingerprint density at radius 1 is 0.296 bits per heavy atom. The molecule has 0 aliphatic carbocycles. The lowest BCUT2D eigenvalue weighted by Crippen LogP contribution is -2.30. The molecule has 0 saturated carbocycles. The second kappa shape index (κ2) is 58.4. The van der Waals surface area contributed by atoms with E-state index >= 15 is 0 Å². The maximum Gasteiger partial charge on any atom is 0.306 e. The van der Waals surface area contributed by atoms with Crippen molar-refractivity contribution in [1.82, 2.24) is 0 Å². The summed E-state index contributed by atoms with van der Waals surface area (Å²) in [5.41, 5.74) is 0. The Bertz CT molecular complexity index is 1500. The molecule has 0 aromatic rings. The van der Waals surface area contributed by atoms with Gasteiger partial charge in [-0.25, -0.2) is 0 Å². The molecular weight excluding hydrogens is 877 g/mol. The molecule has 6 nitrogen and oxygen atoms in total. The van der Waals surface area contributed by atoms with Crippen LogP contribution >= 0.6 is 0 Å². The topological polar surface area (TPSA) is 78.9 Å². The summed E-state index contributed by atoms with van der Waals surface area (Å²) in [4.78, 5) is 38.1. The highest BCUT2D eigenvalue weighted by Crippen LogP contribution is 2.13. The van der Waals surface area contributed by atoms with Crippen LogP contribution in [0, 0.1) is 0 Å². The van der Waals surface area contributed by atoms with Crippen molar-refractivity contribution in [2.24, 2.45) is 0 Å². The smallest absolute Gasteiger partial charge is 0.306 e. The minimum Gasteiger partial charge on any atom is -0.462 e. The van der Waals surface area contributed by atoms with Gasteiger partial charge in [0.15, 0.2) is 6.10 Å². The zero-order valence-corrected chi connectivity index (χ0v) is 45.9. The van der Waals surface area contributed by atoms with Crippen LogP contribution in [0.3, 0.4) is 0 Å². The number of carbonyl (C=O) groups is 3. The first-order valence-electron chi connectivity index (χ1n) is 29.0. The molecule has 0 amide bonds. The van der Waals surface area contributed by atoms with E-state index in [1.54, 1.807) is 0 Å². The molecule has 6 heteroatoms. The van der Waals surface area contributed by atoms with Crippen LogP contribution in [0.2, 0.25) is 0 Å². The van der Waals surface area contributed by atoms with E-state index in [4.69, 9.17) is 14.2 Å². The van der Waals surface area contributed by atoms with Gasteiger partial charge in [-0.2, -0.15) is 0 Å². The zero-order chi connectivity index (χ0) is 51.4. The van der Waals surface area contributed by atoms with Gasteiger partial charge in [0.2, 0.25) is 0 Å². The van der Waals surface area contributed by atoms with Gasteiger partial charge in [0.1, 0.15) is 13.2 Å². The van der Waals surface area contributed by atoms with Crippen LogP contribution in [-0.4, -0.2) is 37.2 Å². The highest BCUT2D eigenvalue weighted by Gasteiger charge is 2.19. The van der Waals surface area contributed by atoms with Crippen molar-refractivity contribution < 1.29 is 28.6 Å². The Balaban J connectivity index is 4.42. The predicted molar refractivity (Wildman–Crippen MR) is 306 cm³/mol. The number of carbonyl (C=O) groups excluding carboxylic acids is 3. The summed E-state index contributed by atoms with van der Waals surface area (Å²) in [5.74, 6) is -0.967. The fourth-order valence-corrected chi connectivity index (χ4v) is 7.56. The van der Waals surface area contributed by atoms with Gasteiger partial charge in [-0.1, -0.05) is 219 Å². The molecule has 0 radical (unpaired) electrons. The van der Waals surface area contributed by atoms with Gasteiger partial charge >= 0.3 is 17.9 Å². The van der Waals surface area contributed by atoms with E-state index in [2.05, 4.69) is 142 Å². The quantitative estimate of drug-likeness (QED) is 0.0261. The second-order valence-corrected chi connectivity index (χ2v) is 18.8. The highest BCUT2D eigenvalue weighted by molar-refractivity contribution is 5.71. The van der Waals surface area contributed by atoms with Crippen LogP contribution < -0.4 is 0 Å². The molecule has 1 unspecified atom stereocenters. The maximum absolute atomic E-state index is 12.8. The van der Waals surface area contributed by atoms with Gasteiger partial charge in [0, 0.05) is 19.3 Å². The van der Waals surface area contributed by atoms with E-state index in [0.717, 1.165) is 128 Å². The molecular formula is C65H106O6. The van der Waals surface area contributed by atoms with Crippen LogP contribution in [0.4, 0.5) is 0 Å². The van der Waals surface area contributed by atoms with Crippen molar-refractivity contribution in [3.8, 4) is 0 Å². The first-order chi connectivity index (χ1) is 35.0. The lowest BCUT2D eigenvalue weighted by molar-refractivity contribution is -0.167. The van der Waals surface area contributed by atoms with Crippen LogP contribution in [0.25, 0.3) is 0 Å². The van der Waals surface area contributed by atoms with E-state index in [0.29, 0.717) is 25.7 Å². The first kappa shape index (κ1) is 66.8. The Labute approximate surface area is 437 Å². The van der Waals surface area contributed by atoms with E-state index in [-0.39, 0.29) is 31.1 Å². The number of hydrogen-bond acceptors (Lipinski definition) is 6. The van der Waals surface area contributed by atoms with Crippen molar-refractivity contribution >= 4 is 17.9 Å². The van der Waals surface area contributed by atoms with Gasteiger partial charge in [0.05, 0.1) is 0 Å². The number of esters is 3. The zero-order valence-electron chi connectivity index (χ0n) is 45.9. The summed E-state index contributed by atoms with van der Waals surface area (Å²) in [7, 11) is 0. The number of hydrogen-bond donors (Lipinski definition) is 0. The van der Waals surface area contributed by atoms with Crippen molar-refractivity contribution in [3.05, 3.63) is 122 Å². The summed E-state index contributed by atoms with van der Waals surface area (Å²) in [6.07, 6.45) is 80.5. The molecule has 1 atom stereocenters. The summed E-state index contributed by atoms with van der Waals surface area (Å²) in [5, 5.41) is 0. The number of ether oxygens (including phenoxy) is 3. The van der Waals surface area contributed by atoms with Crippen LogP contribution in [0.1, 0.15) is 252 Å². The predicted octanol–water partition coefficient (Wildman–Crippen LogP) is 19.6. The normalized spacial score (nSPS) is 13.0. The Hall–Kier alpha value is -4.19. The lowest BCUT2D eigenvalue weighted by Gasteiger charge is -2.18. The van der Waals surface area contributed by atoms with Crippen molar-refractivity contribution in [1.29, 1.82) is 0 Å².